The van der Waals surface area contributed by atoms with Crippen LogP contribution in [-0.2, 0) is 0 Å². The first-order valence-electron chi connectivity index (χ1n) is 6.25. The molecule has 18 heavy (non-hydrogen) atoms. The second kappa shape index (κ2) is 4.86. The lowest BCUT2D eigenvalue weighted by atomic mass is 9.87. The van der Waals surface area contributed by atoms with Gasteiger partial charge in [0.1, 0.15) is 0 Å². The number of nitrogens with zero attached hydrogens (tertiary/aromatic N) is 3. The van der Waals surface area contributed by atoms with E-state index in [9.17, 15) is 5.11 Å². The lowest BCUT2D eigenvalue weighted by molar-refractivity contribution is 0.116. The number of aliphatic hydroxyl groups is 1. The number of aromatic nitrogens is 3. The minimum Gasteiger partial charge on any atom is -0.393 e. The van der Waals surface area contributed by atoms with Gasteiger partial charge in [-0.3, -0.25) is 4.98 Å². The summed E-state index contributed by atoms with van der Waals surface area (Å²) in [6.45, 7) is 0. The van der Waals surface area contributed by atoms with Crippen molar-refractivity contribution >= 4 is 0 Å². The molecule has 0 aromatic carbocycles. The smallest absolute Gasteiger partial charge is 0.230 e. The summed E-state index contributed by atoms with van der Waals surface area (Å²) in [6, 6.07) is 3.72. The number of rotatable bonds is 2. The van der Waals surface area contributed by atoms with Crippen LogP contribution in [0.4, 0.5) is 0 Å². The molecule has 0 spiro atoms. The molecule has 1 saturated carbocycles. The second-order valence-electron chi connectivity index (χ2n) is 4.70. The molecule has 1 fully saturated rings. The summed E-state index contributed by atoms with van der Waals surface area (Å²) in [5.41, 5.74) is 0.913. The summed E-state index contributed by atoms with van der Waals surface area (Å²) in [7, 11) is 0. The van der Waals surface area contributed by atoms with Gasteiger partial charge in [0.2, 0.25) is 11.7 Å². The standard InChI is InChI=1S/C13H15N3O2/c17-11-3-1-10(2-4-11)13-15-12(16-18-13)9-5-7-14-8-6-9/h5-8,10-11,17H,1-4H2. The van der Waals surface area contributed by atoms with E-state index in [-0.39, 0.29) is 12.0 Å². The van der Waals surface area contributed by atoms with Crippen molar-refractivity contribution in [2.75, 3.05) is 0 Å². The van der Waals surface area contributed by atoms with Crippen molar-refractivity contribution in [3.8, 4) is 11.4 Å². The second-order valence-corrected chi connectivity index (χ2v) is 4.70. The Morgan fingerprint density at radius 2 is 1.83 bits per heavy atom. The minimum atomic E-state index is -0.163. The molecule has 0 radical (unpaired) electrons. The van der Waals surface area contributed by atoms with Gasteiger partial charge in [0.25, 0.3) is 0 Å². The summed E-state index contributed by atoms with van der Waals surface area (Å²) in [5.74, 6) is 1.59. The maximum Gasteiger partial charge on any atom is 0.230 e. The molecular formula is C13H15N3O2. The van der Waals surface area contributed by atoms with Crippen molar-refractivity contribution in [3.05, 3.63) is 30.4 Å². The van der Waals surface area contributed by atoms with Crippen molar-refractivity contribution in [3.63, 3.8) is 0 Å². The van der Waals surface area contributed by atoms with E-state index in [4.69, 9.17) is 4.52 Å². The molecular weight excluding hydrogens is 230 g/mol. The van der Waals surface area contributed by atoms with Crippen LogP contribution in [0.5, 0.6) is 0 Å². The van der Waals surface area contributed by atoms with E-state index in [1.165, 1.54) is 0 Å². The van der Waals surface area contributed by atoms with Gasteiger partial charge in [0, 0.05) is 23.9 Å². The number of pyridine rings is 1. The van der Waals surface area contributed by atoms with Crippen LogP contribution in [0.1, 0.15) is 37.5 Å². The van der Waals surface area contributed by atoms with Gasteiger partial charge < -0.3 is 9.63 Å². The molecule has 5 heteroatoms. The zero-order valence-corrected chi connectivity index (χ0v) is 9.99. The molecule has 3 rings (SSSR count). The zero-order valence-electron chi connectivity index (χ0n) is 9.99. The highest BCUT2D eigenvalue weighted by Gasteiger charge is 2.25. The van der Waals surface area contributed by atoms with E-state index in [0.29, 0.717) is 11.7 Å². The molecule has 0 saturated heterocycles. The fourth-order valence-corrected chi connectivity index (χ4v) is 2.34. The van der Waals surface area contributed by atoms with Crippen molar-refractivity contribution in [1.29, 1.82) is 0 Å². The molecule has 1 aliphatic carbocycles. The van der Waals surface area contributed by atoms with Gasteiger partial charge in [-0.2, -0.15) is 4.98 Å². The van der Waals surface area contributed by atoms with Gasteiger partial charge in [-0.05, 0) is 37.8 Å². The first kappa shape index (κ1) is 11.3. The van der Waals surface area contributed by atoms with Crippen LogP contribution in [0.15, 0.2) is 29.0 Å². The van der Waals surface area contributed by atoms with Crippen LogP contribution < -0.4 is 0 Å². The Morgan fingerprint density at radius 3 is 2.56 bits per heavy atom. The molecule has 2 aromatic rings. The van der Waals surface area contributed by atoms with Crippen LogP contribution >= 0.6 is 0 Å². The average Bonchev–Trinajstić information content (AvgIpc) is 2.90. The van der Waals surface area contributed by atoms with Crippen molar-refractivity contribution < 1.29 is 9.63 Å². The van der Waals surface area contributed by atoms with Gasteiger partial charge in [-0.25, -0.2) is 0 Å². The van der Waals surface area contributed by atoms with Crippen molar-refractivity contribution in [1.82, 2.24) is 15.1 Å². The van der Waals surface area contributed by atoms with Gasteiger partial charge in [0.15, 0.2) is 0 Å². The fraction of sp³-hybridized carbons (Fsp3) is 0.462. The normalized spacial score (nSPS) is 24.1. The van der Waals surface area contributed by atoms with Crippen LogP contribution in [0.3, 0.4) is 0 Å². The lowest BCUT2D eigenvalue weighted by Gasteiger charge is -2.22. The molecule has 0 amide bonds. The summed E-state index contributed by atoms with van der Waals surface area (Å²) < 4.78 is 5.33. The SMILES string of the molecule is OC1CCC(c2nc(-c3ccncc3)no2)CC1. The molecule has 1 N–H and O–H groups in total. The molecule has 0 atom stereocenters. The third-order valence-corrected chi connectivity index (χ3v) is 3.43. The maximum atomic E-state index is 9.48. The summed E-state index contributed by atoms with van der Waals surface area (Å²) in [5, 5.41) is 13.5. The summed E-state index contributed by atoms with van der Waals surface area (Å²) >= 11 is 0. The summed E-state index contributed by atoms with van der Waals surface area (Å²) in [4.78, 5) is 8.40. The van der Waals surface area contributed by atoms with E-state index in [2.05, 4.69) is 15.1 Å². The monoisotopic (exact) mass is 245 g/mol. The molecule has 0 bridgehead atoms. The first-order valence-corrected chi connectivity index (χ1v) is 6.25. The highest BCUT2D eigenvalue weighted by atomic mass is 16.5. The minimum absolute atomic E-state index is 0.163. The van der Waals surface area contributed by atoms with Gasteiger partial charge in [-0.1, -0.05) is 5.16 Å². The first-order chi connectivity index (χ1) is 8.83. The quantitative estimate of drug-likeness (QED) is 0.877. The van der Waals surface area contributed by atoms with Gasteiger partial charge >= 0.3 is 0 Å². The van der Waals surface area contributed by atoms with Gasteiger partial charge in [-0.15, -0.1) is 0 Å². The number of aliphatic hydroxyl groups excluding tert-OH is 1. The zero-order chi connectivity index (χ0) is 12.4. The van der Waals surface area contributed by atoms with Crippen molar-refractivity contribution in [2.45, 2.75) is 37.7 Å². The number of hydrogen-bond acceptors (Lipinski definition) is 5. The average molecular weight is 245 g/mol. The lowest BCUT2D eigenvalue weighted by Crippen LogP contribution is -2.17. The molecule has 1 aliphatic rings. The van der Waals surface area contributed by atoms with Crippen LogP contribution in [0.25, 0.3) is 11.4 Å². The van der Waals surface area contributed by atoms with E-state index < -0.39 is 0 Å². The Morgan fingerprint density at radius 1 is 1.11 bits per heavy atom. The molecule has 0 aliphatic heterocycles. The summed E-state index contributed by atoms with van der Waals surface area (Å²) in [6.07, 6.45) is 6.72. The highest BCUT2D eigenvalue weighted by Crippen LogP contribution is 2.32. The number of hydrogen-bond donors (Lipinski definition) is 1. The molecule has 2 heterocycles. The highest BCUT2D eigenvalue weighted by molar-refractivity contribution is 5.52. The molecule has 5 nitrogen and oxygen atoms in total. The Hall–Kier alpha value is -1.75. The van der Waals surface area contributed by atoms with Crippen LogP contribution in [-0.4, -0.2) is 26.3 Å². The third kappa shape index (κ3) is 2.26. The van der Waals surface area contributed by atoms with Crippen LogP contribution in [0, 0.1) is 0 Å². The Balaban J connectivity index is 1.78. The Kier molecular flexibility index (Phi) is 3.06. The Labute approximate surface area is 105 Å². The molecule has 94 valence electrons. The molecule has 2 aromatic heterocycles. The van der Waals surface area contributed by atoms with Crippen LogP contribution in [0.2, 0.25) is 0 Å². The molecule has 0 unspecified atom stereocenters. The van der Waals surface area contributed by atoms with Crippen molar-refractivity contribution in [2.24, 2.45) is 0 Å². The van der Waals surface area contributed by atoms with E-state index in [1.54, 1.807) is 12.4 Å². The van der Waals surface area contributed by atoms with E-state index in [1.807, 2.05) is 12.1 Å². The topological polar surface area (TPSA) is 72.0 Å². The predicted octanol–water partition coefficient (Wildman–Crippen LogP) is 2.15. The predicted molar refractivity (Wildman–Crippen MR) is 64.7 cm³/mol. The van der Waals surface area contributed by atoms with E-state index in [0.717, 1.165) is 31.2 Å². The largest absolute Gasteiger partial charge is 0.393 e. The van der Waals surface area contributed by atoms with E-state index >= 15 is 0 Å². The third-order valence-electron chi connectivity index (χ3n) is 3.43. The fourth-order valence-electron chi connectivity index (χ4n) is 2.34. The maximum absolute atomic E-state index is 9.48. The Bertz CT molecular complexity index is 504. The van der Waals surface area contributed by atoms with Gasteiger partial charge in [0.05, 0.1) is 6.10 Å².